The van der Waals surface area contributed by atoms with Crippen molar-refractivity contribution in [3.05, 3.63) is 18.0 Å². The van der Waals surface area contributed by atoms with Crippen molar-refractivity contribution in [2.75, 3.05) is 52.5 Å². The van der Waals surface area contributed by atoms with Gasteiger partial charge in [0, 0.05) is 37.2 Å². The molecule has 3 heterocycles. The van der Waals surface area contributed by atoms with Crippen molar-refractivity contribution in [3.8, 4) is 11.5 Å². The molecule has 0 spiro atoms. The van der Waals surface area contributed by atoms with E-state index in [9.17, 15) is 0 Å². The Morgan fingerprint density at radius 3 is 2.56 bits per heavy atom. The number of methoxy groups -OCH3 is 2. The van der Waals surface area contributed by atoms with Crippen molar-refractivity contribution in [2.45, 2.75) is 31.8 Å². The zero-order valence-electron chi connectivity index (χ0n) is 16.4. The maximum atomic E-state index is 5.53. The Balaban J connectivity index is 1.75. The third kappa shape index (κ3) is 3.66. The van der Waals surface area contributed by atoms with Gasteiger partial charge in [0.15, 0.2) is 11.5 Å². The summed E-state index contributed by atoms with van der Waals surface area (Å²) in [6.07, 6.45) is 3.47. The minimum Gasteiger partial charge on any atom is -0.493 e. The molecular formula is C20H28N4O3. The predicted molar refractivity (Wildman–Crippen MR) is 105 cm³/mol. The number of fused-ring (bicyclic) bond motifs is 1. The monoisotopic (exact) mass is 372 g/mol. The molecule has 4 rings (SSSR count). The normalized spacial score (nSPS) is 20.0. The average Bonchev–Trinajstić information content (AvgIpc) is 3.40. The van der Waals surface area contributed by atoms with Crippen LogP contribution in [0.15, 0.2) is 12.1 Å². The number of hydrogen-bond acceptors (Lipinski definition) is 7. The molecule has 2 aliphatic rings. The number of hydrogen-bond donors (Lipinski definition) is 0. The van der Waals surface area contributed by atoms with Crippen LogP contribution in [0, 0.1) is 0 Å². The van der Waals surface area contributed by atoms with Gasteiger partial charge in [0.25, 0.3) is 0 Å². The first-order valence-corrected chi connectivity index (χ1v) is 9.65. The molecule has 27 heavy (non-hydrogen) atoms. The van der Waals surface area contributed by atoms with Gasteiger partial charge in [0.05, 0.1) is 32.9 Å². The molecule has 1 aromatic heterocycles. The van der Waals surface area contributed by atoms with Crippen LogP contribution in [0.25, 0.3) is 10.9 Å². The maximum Gasteiger partial charge on any atom is 0.162 e. The minimum absolute atomic E-state index is 0.435. The molecule has 1 atom stereocenters. The molecule has 2 aromatic rings. The molecular weight excluding hydrogens is 344 g/mol. The lowest BCUT2D eigenvalue weighted by atomic mass is 10.2. The van der Waals surface area contributed by atoms with Crippen LogP contribution in [0.4, 0.5) is 5.82 Å². The van der Waals surface area contributed by atoms with Crippen molar-refractivity contribution in [3.63, 3.8) is 0 Å². The molecule has 7 heteroatoms. The smallest absolute Gasteiger partial charge is 0.162 e. The number of aromatic nitrogens is 2. The Morgan fingerprint density at radius 2 is 1.89 bits per heavy atom. The largest absolute Gasteiger partial charge is 0.493 e. The summed E-state index contributed by atoms with van der Waals surface area (Å²) in [5.74, 6) is 3.25. The van der Waals surface area contributed by atoms with Crippen molar-refractivity contribution >= 4 is 16.7 Å². The fourth-order valence-corrected chi connectivity index (χ4v) is 3.95. The van der Waals surface area contributed by atoms with E-state index < -0.39 is 0 Å². The van der Waals surface area contributed by atoms with Crippen LogP contribution < -0.4 is 14.4 Å². The SMILES string of the molecule is COc1cc2nc(CN(C)C3CCOC3)nc(N3CCCC3)c2cc1OC. The van der Waals surface area contributed by atoms with E-state index in [2.05, 4.69) is 16.8 Å². The van der Waals surface area contributed by atoms with Crippen LogP contribution >= 0.6 is 0 Å². The summed E-state index contributed by atoms with van der Waals surface area (Å²) >= 11 is 0. The van der Waals surface area contributed by atoms with Crippen LogP contribution in [-0.2, 0) is 11.3 Å². The number of likely N-dealkylation sites (N-methyl/N-ethyl adjacent to an activating group) is 1. The second kappa shape index (κ2) is 7.86. The molecule has 0 radical (unpaired) electrons. The molecule has 7 nitrogen and oxygen atoms in total. The van der Waals surface area contributed by atoms with Gasteiger partial charge in [-0.1, -0.05) is 0 Å². The number of nitrogens with zero attached hydrogens (tertiary/aromatic N) is 4. The Hall–Kier alpha value is -2.12. The minimum atomic E-state index is 0.435. The van der Waals surface area contributed by atoms with Crippen LogP contribution in [0.1, 0.15) is 25.1 Å². The summed E-state index contributed by atoms with van der Waals surface area (Å²) in [5.41, 5.74) is 0.899. The topological polar surface area (TPSA) is 60.0 Å². The molecule has 1 aromatic carbocycles. The highest BCUT2D eigenvalue weighted by molar-refractivity contribution is 5.92. The van der Waals surface area contributed by atoms with Crippen molar-refractivity contribution in [1.82, 2.24) is 14.9 Å². The zero-order valence-corrected chi connectivity index (χ0v) is 16.4. The fraction of sp³-hybridized carbons (Fsp3) is 0.600. The van der Waals surface area contributed by atoms with Gasteiger partial charge in [-0.3, -0.25) is 4.90 Å². The maximum absolute atomic E-state index is 5.53. The van der Waals surface area contributed by atoms with Crippen molar-refractivity contribution in [2.24, 2.45) is 0 Å². The molecule has 0 amide bonds. The van der Waals surface area contributed by atoms with Crippen LogP contribution in [0.3, 0.4) is 0 Å². The van der Waals surface area contributed by atoms with E-state index in [0.717, 1.165) is 55.3 Å². The van der Waals surface area contributed by atoms with E-state index in [0.29, 0.717) is 24.1 Å². The summed E-state index contributed by atoms with van der Waals surface area (Å²) in [6, 6.07) is 4.39. The molecule has 2 aliphatic heterocycles. The second-order valence-electron chi connectivity index (χ2n) is 7.31. The first kappa shape index (κ1) is 18.3. The summed E-state index contributed by atoms with van der Waals surface area (Å²) in [6.45, 7) is 4.40. The lowest BCUT2D eigenvalue weighted by Gasteiger charge is -2.24. The molecule has 1 unspecified atom stereocenters. The van der Waals surface area contributed by atoms with Gasteiger partial charge >= 0.3 is 0 Å². The quantitative estimate of drug-likeness (QED) is 0.772. The molecule has 0 aliphatic carbocycles. The lowest BCUT2D eigenvalue weighted by Crippen LogP contribution is -2.32. The van der Waals surface area contributed by atoms with E-state index in [4.69, 9.17) is 24.2 Å². The average molecular weight is 372 g/mol. The molecule has 2 saturated heterocycles. The first-order chi connectivity index (χ1) is 13.2. The third-order valence-corrected chi connectivity index (χ3v) is 5.55. The fourth-order valence-electron chi connectivity index (χ4n) is 3.95. The van der Waals surface area contributed by atoms with Crippen LogP contribution in [0.5, 0.6) is 11.5 Å². The Bertz CT molecular complexity index is 801. The molecule has 0 saturated carbocycles. The van der Waals surface area contributed by atoms with Crippen LogP contribution in [0.2, 0.25) is 0 Å². The Kier molecular flexibility index (Phi) is 5.31. The number of anilines is 1. The molecule has 0 bridgehead atoms. The Labute approximate surface area is 160 Å². The lowest BCUT2D eigenvalue weighted by molar-refractivity contribution is 0.155. The molecule has 2 fully saturated rings. The van der Waals surface area contributed by atoms with Crippen molar-refractivity contribution < 1.29 is 14.2 Å². The van der Waals surface area contributed by atoms with Crippen molar-refractivity contribution in [1.29, 1.82) is 0 Å². The number of ether oxygens (including phenoxy) is 3. The summed E-state index contributed by atoms with van der Waals surface area (Å²) < 4.78 is 16.5. The van der Waals surface area contributed by atoms with Gasteiger partial charge in [-0.05, 0) is 32.4 Å². The number of rotatable bonds is 6. The zero-order chi connectivity index (χ0) is 18.8. The highest BCUT2D eigenvalue weighted by atomic mass is 16.5. The van der Waals surface area contributed by atoms with E-state index in [1.807, 2.05) is 12.1 Å². The van der Waals surface area contributed by atoms with Gasteiger partial charge in [-0.2, -0.15) is 0 Å². The number of benzene rings is 1. The standard InChI is InChI=1S/C20H28N4O3/c1-23(14-6-9-27-13-14)12-19-21-16-11-18(26-3)17(25-2)10-15(16)20(22-19)24-7-4-5-8-24/h10-11,14H,4-9,12-13H2,1-3H3. The van der Waals surface area contributed by atoms with Gasteiger partial charge in [-0.15, -0.1) is 0 Å². The van der Waals surface area contributed by atoms with Gasteiger partial charge in [0.1, 0.15) is 11.6 Å². The highest BCUT2D eigenvalue weighted by Gasteiger charge is 2.23. The van der Waals surface area contributed by atoms with Crippen LogP contribution in [-0.4, -0.2) is 68.5 Å². The third-order valence-electron chi connectivity index (χ3n) is 5.55. The summed E-state index contributed by atoms with van der Waals surface area (Å²) in [4.78, 5) is 14.5. The predicted octanol–water partition coefficient (Wildman–Crippen LogP) is 2.47. The van der Waals surface area contributed by atoms with Gasteiger partial charge in [0.2, 0.25) is 0 Å². The van der Waals surface area contributed by atoms with Gasteiger partial charge < -0.3 is 19.1 Å². The van der Waals surface area contributed by atoms with E-state index in [1.165, 1.54) is 12.8 Å². The van der Waals surface area contributed by atoms with E-state index in [-0.39, 0.29) is 0 Å². The molecule has 0 N–H and O–H groups in total. The van der Waals surface area contributed by atoms with E-state index in [1.54, 1.807) is 14.2 Å². The molecule has 146 valence electrons. The second-order valence-corrected chi connectivity index (χ2v) is 7.31. The highest BCUT2D eigenvalue weighted by Crippen LogP contribution is 2.36. The van der Waals surface area contributed by atoms with E-state index >= 15 is 0 Å². The summed E-state index contributed by atoms with van der Waals surface area (Å²) in [7, 11) is 5.44. The van der Waals surface area contributed by atoms with Gasteiger partial charge in [-0.25, -0.2) is 9.97 Å². The Morgan fingerprint density at radius 1 is 1.15 bits per heavy atom. The summed E-state index contributed by atoms with van der Waals surface area (Å²) in [5, 5.41) is 1.02. The first-order valence-electron chi connectivity index (χ1n) is 9.65.